The first-order valence-corrected chi connectivity index (χ1v) is 8.96. The standard InChI is InChI=1S/2C9H18O3.Cd/c2*1-3-8(4-2)7-12-6-5-9(10)11;/h2*8H,3-7H2,1-2H3,(H,10,11);/q;;+2/p-2. The fraction of sp³-hybridized carbons (Fsp3) is 0.889. The van der Waals surface area contributed by atoms with Crippen LogP contribution in [0.2, 0.25) is 0 Å². The molecule has 25 heavy (non-hydrogen) atoms. The molecule has 0 aliphatic rings. The van der Waals surface area contributed by atoms with Crippen molar-refractivity contribution in [1.29, 1.82) is 0 Å². The van der Waals surface area contributed by atoms with Gasteiger partial charge in [0.2, 0.25) is 0 Å². The summed E-state index contributed by atoms with van der Waals surface area (Å²) in [6, 6.07) is 0. The van der Waals surface area contributed by atoms with E-state index in [4.69, 9.17) is 9.47 Å². The first-order valence-electron chi connectivity index (χ1n) is 8.96. The molecule has 144 valence electrons. The van der Waals surface area contributed by atoms with Crippen molar-refractivity contribution in [3.8, 4) is 0 Å². The molecule has 0 heterocycles. The van der Waals surface area contributed by atoms with Crippen molar-refractivity contribution in [2.45, 2.75) is 66.2 Å². The van der Waals surface area contributed by atoms with Gasteiger partial charge >= 0.3 is 27.3 Å². The number of aliphatic carboxylic acids is 2. The quantitative estimate of drug-likeness (QED) is 0.286. The molecule has 0 aliphatic heterocycles. The van der Waals surface area contributed by atoms with Crippen LogP contribution in [0.4, 0.5) is 0 Å². The van der Waals surface area contributed by atoms with Gasteiger partial charge in [-0.05, 0) is 11.8 Å². The molecule has 0 aromatic carbocycles. The van der Waals surface area contributed by atoms with Crippen LogP contribution in [-0.4, -0.2) is 38.4 Å². The van der Waals surface area contributed by atoms with Crippen LogP contribution in [0.25, 0.3) is 0 Å². The van der Waals surface area contributed by atoms with Gasteiger partial charge in [0.05, 0.1) is 13.2 Å². The Labute approximate surface area is 172 Å². The fourth-order valence-electron chi connectivity index (χ4n) is 1.86. The molecule has 0 rings (SSSR count). The second-order valence-electron chi connectivity index (χ2n) is 5.76. The van der Waals surface area contributed by atoms with Crippen molar-refractivity contribution in [3.63, 3.8) is 0 Å². The van der Waals surface area contributed by atoms with Gasteiger partial charge < -0.3 is 29.3 Å². The molecule has 0 aromatic rings. The number of rotatable bonds is 14. The summed E-state index contributed by atoms with van der Waals surface area (Å²) in [6.45, 7) is 10.3. The Hall–Kier alpha value is -0.218. The van der Waals surface area contributed by atoms with Crippen molar-refractivity contribution in [2.24, 2.45) is 11.8 Å². The van der Waals surface area contributed by atoms with Crippen molar-refractivity contribution >= 4 is 11.9 Å². The molecule has 0 saturated carbocycles. The van der Waals surface area contributed by atoms with E-state index in [2.05, 4.69) is 27.7 Å². The van der Waals surface area contributed by atoms with Crippen molar-refractivity contribution in [1.82, 2.24) is 0 Å². The number of carboxylic acid groups (broad SMARTS) is 2. The Morgan fingerprint density at radius 3 is 1.20 bits per heavy atom. The molecule has 6 nitrogen and oxygen atoms in total. The molecule has 0 aliphatic carbocycles. The zero-order valence-corrected chi connectivity index (χ0v) is 20.4. The largest absolute Gasteiger partial charge is 2.00 e. The first-order chi connectivity index (χ1) is 11.4. The van der Waals surface area contributed by atoms with Gasteiger partial charge in [-0.25, -0.2) is 0 Å². The molecule has 0 bridgehead atoms. The number of ether oxygens (including phenoxy) is 2. The van der Waals surface area contributed by atoms with E-state index in [1.165, 1.54) is 0 Å². The first kappa shape index (κ1) is 29.5. The van der Waals surface area contributed by atoms with Crippen LogP contribution < -0.4 is 10.2 Å². The van der Waals surface area contributed by atoms with Gasteiger partial charge in [0, 0.05) is 38.0 Å². The minimum absolute atomic E-state index is 0. The van der Waals surface area contributed by atoms with E-state index in [1.807, 2.05) is 0 Å². The fourth-order valence-corrected chi connectivity index (χ4v) is 1.86. The van der Waals surface area contributed by atoms with Gasteiger partial charge in [0.25, 0.3) is 0 Å². The maximum atomic E-state index is 9.99. The third-order valence-corrected chi connectivity index (χ3v) is 3.92. The van der Waals surface area contributed by atoms with E-state index in [0.717, 1.165) is 25.7 Å². The van der Waals surface area contributed by atoms with Crippen LogP contribution in [0, 0.1) is 11.8 Å². The zero-order chi connectivity index (χ0) is 18.8. The Kier molecular flexibility index (Phi) is 25.8. The van der Waals surface area contributed by atoms with Gasteiger partial charge in [-0.1, -0.05) is 53.4 Å². The van der Waals surface area contributed by atoms with Crippen LogP contribution in [0.3, 0.4) is 0 Å². The SMILES string of the molecule is CCC(CC)COCCC(=O)[O-].CCC(CC)COCCC(=O)[O-].[Cd+2]. The third kappa shape index (κ3) is 23.8. The number of carbonyl (C=O) groups excluding carboxylic acids is 2. The van der Waals surface area contributed by atoms with Gasteiger partial charge in [0.1, 0.15) is 0 Å². The Morgan fingerprint density at radius 2 is 1.00 bits per heavy atom. The summed E-state index contributed by atoms with van der Waals surface area (Å²) in [6.07, 6.45) is 4.34. The summed E-state index contributed by atoms with van der Waals surface area (Å²) in [5.74, 6) is -0.961. The summed E-state index contributed by atoms with van der Waals surface area (Å²) in [4.78, 5) is 20.0. The molecule has 0 amide bonds. The second kappa shape index (κ2) is 21.8. The monoisotopic (exact) mass is 460 g/mol. The van der Waals surface area contributed by atoms with Crippen LogP contribution in [-0.2, 0) is 46.4 Å². The van der Waals surface area contributed by atoms with Crippen LogP contribution in [0.1, 0.15) is 66.2 Å². The molecular weight excluding hydrogens is 425 g/mol. The van der Waals surface area contributed by atoms with E-state index in [0.29, 0.717) is 25.0 Å². The summed E-state index contributed by atoms with van der Waals surface area (Å²) < 4.78 is 10.3. The van der Waals surface area contributed by atoms with E-state index >= 15 is 0 Å². The van der Waals surface area contributed by atoms with E-state index < -0.39 is 11.9 Å². The van der Waals surface area contributed by atoms with Crippen molar-refractivity contribution in [3.05, 3.63) is 0 Å². The van der Waals surface area contributed by atoms with Crippen LogP contribution >= 0.6 is 0 Å². The Balaban J connectivity index is -0.000000372. The molecule has 0 spiro atoms. The minimum Gasteiger partial charge on any atom is -0.550 e. The summed E-state index contributed by atoms with van der Waals surface area (Å²) >= 11 is 0. The average molecular weight is 459 g/mol. The number of carbonyl (C=O) groups is 2. The van der Waals surface area contributed by atoms with Crippen LogP contribution in [0.15, 0.2) is 0 Å². The number of carboxylic acids is 2. The van der Waals surface area contributed by atoms with Crippen LogP contribution in [0.5, 0.6) is 0 Å². The molecule has 0 aromatic heterocycles. The summed E-state index contributed by atoms with van der Waals surface area (Å²) in [7, 11) is 0. The van der Waals surface area contributed by atoms with Crippen molar-refractivity contribution < 1.29 is 56.6 Å². The maximum Gasteiger partial charge on any atom is 2.00 e. The summed E-state index contributed by atoms with van der Waals surface area (Å²) in [5.41, 5.74) is 0. The number of hydrogen-bond acceptors (Lipinski definition) is 6. The predicted octanol–water partition coefficient (Wildman–Crippen LogP) is 1.16. The molecule has 7 heteroatoms. The Bertz CT molecular complexity index is 274. The van der Waals surface area contributed by atoms with E-state index in [-0.39, 0.29) is 53.4 Å². The zero-order valence-electron chi connectivity index (χ0n) is 16.4. The molecule has 0 atom stereocenters. The van der Waals surface area contributed by atoms with Gasteiger partial charge in [-0.15, -0.1) is 0 Å². The third-order valence-electron chi connectivity index (χ3n) is 3.92. The molecule has 0 radical (unpaired) electrons. The topological polar surface area (TPSA) is 98.7 Å². The second-order valence-corrected chi connectivity index (χ2v) is 5.76. The average Bonchev–Trinajstić information content (AvgIpc) is 2.55. The van der Waals surface area contributed by atoms with E-state index in [1.54, 1.807) is 0 Å². The normalized spacial score (nSPS) is 10.2. The molecular formula is C18H34CdO6. The van der Waals surface area contributed by atoms with Gasteiger partial charge in [-0.3, -0.25) is 0 Å². The smallest absolute Gasteiger partial charge is 0.550 e. The Morgan fingerprint density at radius 1 is 0.720 bits per heavy atom. The van der Waals surface area contributed by atoms with E-state index in [9.17, 15) is 19.8 Å². The molecule has 0 saturated heterocycles. The van der Waals surface area contributed by atoms with Gasteiger partial charge in [0.15, 0.2) is 0 Å². The number of hydrogen-bond donors (Lipinski definition) is 0. The van der Waals surface area contributed by atoms with Gasteiger partial charge in [-0.2, -0.15) is 0 Å². The molecule has 0 fully saturated rings. The predicted molar refractivity (Wildman–Crippen MR) is 89.0 cm³/mol. The molecule has 0 N–H and O–H groups in total. The van der Waals surface area contributed by atoms with Crippen molar-refractivity contribution in [2.75, 3.05) is 26.4 Å². The molecule has 0 unspecified atom stereocenters. The maximum absolute atomic E-state index is 9.99. The minimum atomic E-state index is -1.04. The summed E-state index contributed by atoms with van der Waals surface area (Å²) in [5, 5.41) is 20.0.